The molecule has 1 aliphatic rings. The molecule has 3 rings (SSSR count). The topological polar surface area (TPSA) is 18.5 Å². The van der Waals surface area contributed by atoms with E-state index in [2.05, 4.69) is 45.0 Å². The number of benzene rings is 2. The first-order chi connectivity index (χ1) is 9.65. The molecule has 0 spiro atoms. The standard InChI is InChI=1S/C18H22O2/c1-12-11-18(19-14(3)13(12)2)20-17-10-6-8-15-7-4-5-9-16(15)17/h4-10,12-14,18H,11H2,1-3H3/t12-,13-,14?,18-/m1/s1. The molecule has 1 fully saturated rings. The van der Waals surface area contributed by atoms with Crippen LogP contribution in [0.2, 0.25) is 0 Å². The molecule has 1 saturated heterocycles. The van der Waals surface area contributed by atoms with Gasteiger partial charge in [-0.3, -0.25) is 0 Å². The highest BCUT2D eigenvalue weighted by atomic mass is 16.7. The van der Waals surface area contributed by atoms with E-state index in [4.69, 9.17) is 9.47 Å². The molecule has 20 heavy (non-hydrogen) atoms. The van der Waals surface area contributed by atoms with E-state index in [9.17, 15) is 0 Å². The molecule has 2 aromatic carbocycles. The predicted molar refractivity (Wildman–Crippen MR) is 81.9 cm³/mol. The van der Waals surface area contributed by atoms with Crippen LogP contribution in [0.15, 0.2) is 42.5 Å². The molecule has 1 aliphatic heterocycles. The third-order valence-corrected chi connectivity index (χ3v) is 4.58. The highest BCUT2D eigenvalue weighted by Crippen LogP contribution is 2.33. The summed E-state index contributed by atoms with van der Waals surface area (Å²) in [6, 6.07) is 14.5. The lowest BCUT2D eigenvalue weighted by molar-refractivity contribution is -0.175. The summed E-state index contributed by atoms with van der Waals surface area (Å²) in [6.45, 7) is 6.67. The Bertz CT molecular complexity index is 575. The maximum atomic E-state index is 6.14. The van der Waals surface area contributed by atoms with Crippen molar-refractivity contribution in [2.75, 3.05) is 0 Å². The zero-order valence-corrected chi connectivity index (χ0v) is 12.4. The molecular formula is C18H22O2. The minimum atomic E-state index is -0.137. The van der Waals surface area contributed by atoms with E-state index in [1.807, 2.05) is 18.2 Å². The van der Waals surface area contributed by atoms with Gasteiger partial charge in [0.2, 0.25) is 0 Å². The fourth-order valence-electron chi connectivity index (χ4n) is 2.92. The van der Waals surface area contributed by atoms with Crippen molar-refractivity contribution in [1.82, 2.24) is 0 Å². The first kappa shape index (κ1) is 13.4. The molecule has 0 radical (unpaired) electrons. The lowest BCUT2D eigenvalue weighted by Gasteiger charge is -2.37. The van der Waals surface area contributed by atoms with Crippen LogP contribution in [-0.4, -0.2) is 12.4 Å². The molecule has 4 atom stereocenters. The van der Waals surface area contributed by atoms with Crippen LogP contribution in [0, 0.1) is 11.8 Å². The second kappa shape index (κ2) is 5.45. The number of fused-ring (bicyclic) bond motifs is 1. The summed E-state index contributed by atoms with van der Waals surface area (Å²) in [4.78, 5) is 0. The van der Waals surface area contributed by atoms with Crippen molar-refractivity contribution in [3.8, 4) is 5.75 Å². The van der Waals surface area contributed by atoms with Gasteiger partial charge in [-0.1, -0.05) is 50.2 Å². The molecule has 0 aromatic heterocycles. The summed E-state index contributed by atoms with van der Waals surface area (Å²) in [5.74, 6) is 2.13. The smallest absolute Gasteiger partial charge is 0.200 e. The first-order valence-electron chi connectivity index (χ1n) is 7.45. The van der Waals surface area contributed by atoms with Crippen molar-refractivity contribution < 1.29 is 9.47 Å². The lowest BCUT2D eigenvalue weighted by Crippen LogP contribution is -2.39. The van der Waals surface area contributed by atoms with Gasteiger partial charge in [0.1, 0.15) is 5.75 Å². The average Bonchev–Trinajstić information content (AvgIpc) is 2.45. The van der Waals surface area contributed by atoms with Gasteiger partial charge in [0.15, 0.2) is 6.29 Å². The van der Waals surface area contributed by atoms with Crippen LogP contribution in [0.4, 0.5) is 0 Å². The first-order valence-corrected chi connectivity index (χ1v) is 7.45. The number of hydrogen-bond donors (Lipinski definition) is 0. The van der Waals surface area contributed by atoms with Crippen molar-refractivity contribution >= 4 is 10.8 Å². The molecular weight excluding hydrogens is 248 g/mol. The minimum absolute atomic E-state index is 0.137. The molecule has 0 N–H and O–H groups in total. The van der Waals surface area contributed by atoms with E-state index in [1.165, 1.54) is 5.39 Å². The zero-order chi connectivity index (χ0) is 14.1. The number of ether oxygens (including phenoxy) is 2. The molecule has 1 unspecified atom stereocenters. The summed E-state index contributed by atoms with van der Waals surface area (Å²) >= 11 is 0. The lowest BCUT2D eigenvalue weighted by atomic mass is 9.86. The molecule has 1 heterocycles. The van der Waals surface area contributed by atoms with Crippen molar-refractivity contribution in [2.45, 2.75) is 39.6 Å². The van der Waals surface area contributed by atoms with Crippen molar-refractivity contribution in [3.63, 3.8) is 0 Å². The largest absolute Gasteiger partial charge is 0.464 e. The van der Waals surface area contributed by atoms with Crippen molar-refractivity contribution in [2.24, 2.45) is 11.8 Å². The van der Waals surface area contributed by atoms with Gasteiger partial charge in [-0.25, -0.2) is 0 Å². The van der Waals surface area contributed by atoms with Crippen LogP contribution in [0.25, 0.3) is 10.8 Å². The fourth-order valence-corrected chi connectivity index (χ4v) is 2.92. The second-order valence-electron chi connectivity index (χ2n) is 5.94. The van der Waals surface area contributed by atoms with Gasteiger partial charge in [-0.2, -0.15) is 0 Å². The number of rotatable bonds is 2. The summed E-state index contributed by atoms with van der Waals surface area (Å²) in [6.07, 6.45) is 1.06. The molecule has 106 valence electrons. The van der Waals surface area contributed by atoms with E-state index in [1.54, 1.807) is 0 Å². The van der Waals surface area contributed by atoms with Gasteiger partial charge in [0.05, 0.1) is 6.10 Å². The highest BCUT2D eigenvalue weighted by Gasteiger charge is 2.32. The summed E-state index contributed by atoms with van der Waals surface area (Å²) in [5.41, 5.74) is 0. The van der Waals surface area contributed by atoms with Crippen LogP contribution in [0.1, 0.15) is 27.2 Å². The molecule has 2 heteroatoms. The third kappa shape index (κ3) is 2.53. The normalized spacial score (nSPS) is 30.4. The Labute approximate surface area is 120 Å². The Morgan fingerprint density at radius 1 is 1.00 bits per heavy atom. The van der Waals surface area contributed by atoms with Crippen molar-refractivity contribution in [3.05, 3.63) is 42.5 Å². The van der Waals surface area contributed by atoms with E-state index in [-0.39, 0.29) is 12.4 Å². The van der Waals surface area contributed by atoms with Crippen LogP contribution in [-0.2, 0) is 4.74 Å². The molecule has 0 bridgehead atoms. The zero-order valence-electron chi connectivity index (χ0n) is 12.4. The number of hydrogen-bond acceptors (Lipinski definition) is 2. The van der Waals surface area contributed by atoms with Crippen LogP contribution in [0.3, 0.4) is 0 Å². The maximum Gasteiger partial charge on any atom is 0.200 e. The van der Waals surface area contributed by atoms with E-state index < -0.39 is 0 Å². The average molecular weight is 270 g/mol. The SMILES string of the molecule is CC1O[C@H](Oc2cccc3ccccc23)C[C@@H](C)[C@H]1C. The fraction of sp³-hybridized carbons (Fsp3) is 0.444. The Kier molecular flexibility index (Phi) is 3.66. The van der Waals surface area contributed by atoms with Gasteiger partial charge >= 0.3 is 0 Å². The predicted octanol–water partition coefficient (Wildman–Crippen LogP) is 4.63. The van der Waals surface area contributed by atoms with Crippen molar-refractivity contribution in [1.29, 1.82) is 0 Å². The Hall–Kier alpha value is -1.54. The van der Waals surface area contributed by atoms with Gasteiger partial charge in [0.25, 0.3) is 0 Å². The molecule has 0 aliphatic carbocycles. The molecule has 0 saturated carbocycles. The summed E-state index contributed by atoms with van der Waals surface area (Å²) in [5, 5.41) is 2.35. The highest BCUT2D eigenvalue weighted by molar-refractivity contribution is 5.88. The molecule has 2 nitrogen and oxygen atoms in total. The quantitative estimate of drug-likeness (QED) is 0.792. The van der Waals surface area contributed by atoms with Crippen LogP contribution >= 0.6 is 0 Å². The van der Waals surface area contributed by atoms with Crippen LogP contribution in [0.5, 0.6) is 5.75 Å². The Morgan fingerprint density at radius 3 is 2.55 bits per heavy atom. The third-order valence-electron chi connectivity index (χ3n) is 4.58. The van der Waals surface area contributed by atoms with Crippen LogP contribution < -0.4 is 4.74 Å². The van der Waals surface area contributed by atoms with E-state index in [0.717, 1.165) is 17.6 Å². The molecule has 2 aromatic rings. The Morgan fingerprint density at radius 2 is 1.75 bits per heavy atom. The Balaban J connectivity index is 1.83. The van der Waals surface area contributed by atoms with Gasteiger partial charge in [0, 0.05) is 11.8 Å². The van der Waals surface area contributed by atoms with Gasteiger partial charge < -0.3 is 9.47 Å². The van der Waals surface area contributed by atoms with E-state index >= 15 is 0 Å². The van der Waals surface area contributed by atoms with E-state index in [0.29, 0.717) is 11.8 Å². The monoisotopic (exact) mass is 270 g/mol. The maximum absolute atomic E-state index is 6.14. The summed E-state index contributed by atoms with van der Waals surface area (Å²) in [7, 11) is 0. The second-order valence-corrected chi connectivity index (χ2v) is 5.94. The van der Waals surface area contributed by atoms with Gasteiger partial charge in [-0.05, 0) is 30.2 Å². The van der Waals surface area contributed by atoms with Gasteiger partial charge in [-0.15, -0.1) is 0 Å². The summed E-state index contributed by atoms with van der Waals surface area (Å²) < 4.78 is 12.1. The minimum Gasteiger partial charge on any atom is -0.464 e. The molecule has 0 amide bonds.